The maximum absolute atomic E-state index is 10.4. The van der Waals surface area contributed by atoms with Gasteiger partial charge in [0, 0.05) is 0 Å². The second-order valence-electron chi connectivity index (χ2n) is 2.81. The first-order valence-corrected chi connectivity index (χ1v) is 3.52. The Bertz CT molecular complexity index is 155. The third-order valence-electron chi connectivity index (χ3n) is 1.92. The number of epoxide rings is 1. The molecule has 2 atom stereocenters. The average molecular weight is 144 g/mol. The van der Waals surface area contributed by atoms with E-state index in [0.29, 0.717) is 0 Å². The number of hydrogen-bond donors (Lipinski definition) is 1. The second kappa shape index (κ2) is 2.23. The number of ether oxygens (including phenoxy) is 1. The summed E-state index contributed by atoms with van der Waals surface area (Å²) in [5, 5.41) is 8.58. The van der Waals surface area contributed by atoms with E-state index < -0.39 is 11.6 Å². The van der Waals surface area contributed by atoms with Gasteiger partial charge in [0.1, 0.15) is 0 Å². The molecule has 0 spiro atoms. The van der Waals surface area contributed by atoms with E-state index in [2.05, 4.69) is 0 Å². The van der Waals surface area contributed by atoms with Crippen LogP contribution in [0.2, 0.25) is 0 Å². The van der Waals surface area contributed by atoms with E-state index in [1.54, 1.807) is 6.92 Å². The van der Waals surface area contributed by atoms with Crippen LogP contribution in [0.25, 0.3) is 0 Å². The quantitative estimate of drug-likeness (QED) is 0.602. The van der Waals surface area contributed by atoms with Gasteiger partial charge in [-0.2, -0.15) is 0 Å². The Morgan fingerprint density at radius 1 is 1.80 bits per heavy atom. The summed E-state index contributed by atoms with van der Waals surface area (Å²) in [7, 11) is 0. The average Bonchev–Trinajstić information content (AvgIpc) is 2.45. The number of carboxylic acid groups (broad SMARTS) is 1. The van der Waals surface area contributed by atoms with Gasteiger partial charge in [-0.05, 0) is 13.3 Å². The lowest BCUT2D eigenvalue weighted by atomic mass is 10.1. The Morgan fingerprint density at radius 3 is 2.70 bits per heavy atom. The predicted molar refractivity (Wildman–Crippen MR) is 35.8 cm³/mol. The highest BCUT2D eigenvalue weighted by atomic mass is 16.6. The van der Waals surface area contributed by atoms with Gasteiger partial charge in [0.2, 0.25) is 0 Å². The molecule has 1 rings (SSSR count). The van der Waals surface area contributed by atoms with Crippen LogP contribution < -0.4 is 0 Å². The molecule has 58 valence electrons. The minimum absolute atomic E-state index is 0.0463. The molecule has 0 aromatic carbocycles. The number of aliphatic carboxylic acids is 1. The number of rotatable bonds is 3. The summed E-state index contributed by atoms with van der Waals surface area (Å²) in [5.41, 5.74) is -0.865. The molecule has 0 aromatic rings. The summed E-state index contributed by atoms with van der Waals surface area (Å²) < 4.78 is 5.01. The van der Waals surface area contributed by atoms with Crippen molar-refractivity contribution in [2.75, 3.05) is 0 Å². The largest absolute Gasteiger partial charge is 0.479 e. The van der Waals surface area contributed by atoms with Gasteiger partial charge >= 0.3 is 5.97 Å². The number of carbonyl (C=O) groups is 1. The third-order valence-corrected chi connectivity index (χ3v) is 1.92. The first-order chi connectivity index (χ1) is 4.61. The molecule has 0 amide bonds. The highest BCUT2D eigenvalue weighted by Gasteiger charge is 2.58. The highest BCUT2D eigenvalue weighted by molar-refractivity contribution is 5.80. The van der Waals surface area contributed by atoms with E-state index in [9.17, 15) is 4.79 Å². The molecule has 10 heavy (non-hydrogen) atoms. The van der Waals surface area contributed by atoms with E-state index in [0.717, 1.165) is 12.8 Å². The molecule has 0 radical (unpaired) electrons. The Kier molecular flexibility index (Phi) is 1.68. The normalized spacial score (nSPS) is 37.6. The minimum Gasteiger partial charge on any atom is -0.479 e. The summed E-state index contributed by atoms with van der Waals surface area (Å²) in [6.45, 7) is 3.64. The summed E-state index contributed by atoms with van der Waals surface area (Å²) in [6.07, 6.45) is 1.78. The molecule has 0 aliphatic carbocycles. The van der Waals surface area contributed by atoms with Crippen molar-refractivity contribution in [1.82, 2.24) is 0 Å². The first-order valence-electron chi connectivity index (χ1n) is 3.52. The molecule has 2 unspecified atom stereocenters. The first kappa shape index (κ1) is 7.54. The fourth-order valence-electron chi connectivity index (χ4n) is 1.05. The van der Waals surface area contributed by atoms with Crippen LogP contribution in [0.4, 0.5) is 0 Å². The Morgan fingerprint density at radius 2 is 2.40 bits per heavy atom. The maximum atomic E-state index is 10.4. The van der Waals surface area contributed by atoms with Crippen molar-refractivity contribution in [3.05, 3.63) is 0 Å². The zero-order valence-corrected chi connectivity index (χ0v) is 6.26. The monoisotopic (exact) mass is 144 g/mol. The maximum Gasteiger partial charge on any atom is 0.338 e. The zero-order chi connectivity index (χ0) is 7.78. The van der Waals surface area contributed by atoms with Gasteiger partial charge in [-0.15, -0.1) is 0 Å². The Balaban J connectivity index is 2.40. The van der Waals surface area contributed by atoms with Crippen molar-refractivity contribution in [3.8, 4) is 0 Å². The van der Waals surface area contributed by atoms with Crippen molar-refractivity contribution in [1.29, 1.82) is 0 Å². The van der Waals surface area contributed by atoms with Crippen LogP contribution in [-0.4, -0.2) is 22.8 Å². The molecule has 0 saturated carbocycles. The Hall–Kier alpha value is -0.570. The smallest absolute Gasteiger partial charge is 0.338 e. The van der Waals surface area contributed by atoms with Crippen LogP contribution in [0.15, 0.2) is 0 Å². The topological polar surface area (TPSA) is 49.8 Å². The predicted octanol–water partition coefficient (Wildman–Crippen LogP) is 1.03. The van der Waals surface area contributed by atoms with E-state index in [-0.39, 0.29) is 6.10 Å². The zero-order valence-electron chi connectivity index (χ0n) is 6.26. The minimum atomic E-state index is -0.865. The molecule has 3 heteroatoms. The van der Waals surface area contributed by atoms with Crippen molar-refractivity contribution in [3.63, 3.8) is 0 Å². The van der Waals surface area contributed by atoms with Crippen LogP contribution in [0.5, 0.6) is 0 Å². The standard InChI is InChI=1S/C7H12O3/c1-3-4-5-7(2,10-5)6(8)9/h5H,3-4H2,1-2H3,(H,8,9). The molecular weight excluding hydrogens is 132 g/mol. The van der Waals surface area contributed by atoms with Gasteiger partial charge in [0.05, 0.1) is 6.10 Å². The van der Waals surface area contributed by atoms with Crippen LogP contribution in [0.3, 0.4) is 0 Å². The molecule has 1 fully saturated rings. The molecule has 1 aliphatic rings. The molecule has 3 nitrogen and oxygen atoms in total. The van der Waals surface area contributed by atoms with Crippen LogP contribution in [0, 0.1) is 0 Å². The SMILES string of the molecule is CCCC1OC1(C)C(=O)O. The molecule has 0 bridgehead atoms. The highest BCUT2D eigenvalue weighted by Crippen LogP contribution is 2.39. The fourth-order valence-corrected chi connectivity index (χ4v) is 1.05. The van der Waals surface area contributed by atoms with Crippen molar-refractivity contribution in [2.24, 2.45) is 0 Å². The van der Waals surface area contributed by atoms with E-state index >= 15 is 0 Å². The molecule has 1 saturated heterocycles. The molecule has 1 heterocycles. The lowest BCUT2D eigenvalue weighted by Gasteiger charge is -1.95. The lowest BCUT2D eigenvalue weighted by Crippen LogP contribution is -2.22. The second-order valence-corrected chi connectivity index (χ2v) is 2.81. The molecule has 1 N–H and O–H groups in total. The van der Waals surface area contributed by atoms with Gasteiger partial charge < -0.3 is 9.84 Å². The van der Waals surface area contributed by atoms with Gasteiger partial charge in [-0.1, -0.05) is 13.3 Å². The summed E-state index contributed by atoms with van der Waals surface area (Å²) in [6, 6.07) is 0. The molecule has 1 aliphatic heterocycles. The summed E-state index contributed by atoms with van der Waals surface area (Å²) in [4.78, 5) is 10.4. The van der Waals surface area contributed by atoms with E-state index in [4.69, 9.17) is 9.84 Å². The summed E-state index contributed by atoms with van der Waals surface area (Å²) in [5.74, 6) is -0.842. The van der Waals surface area contributed by atoms with Gasteiger partial charge in [-0.3, -0.25) is 0 Å². The number of hydrogen-bond acceptors (Lipinski definition) is 2. The van der Waals surface area contributed by atoms with E-state index in [1.807, 2.05) is 6.92 Å². The molecule has 0 aromatic heterocycles. The van der Waals surface area contributed by atoms with E-state index in [1.165, 1.54) is 0 Å². The fraction of sp³-hybridized carbons (Fsp3) is 0.857. The van der Waals surface area contributed by atoms with Crippen LogP contribution in [-0.2, 0) is 9.53 Å². The van der Waals surface area contributed by atoms with Gasteiger partial charge in [0.25, 0.3) is 0 Å². The Labute approximate surface area is 60.0 Å². The number of carboxylic acids is 1. The van der Waals surface area contributed by atoms with Gasteiger partial charge in [0.15, 0.2) is 5.60 Å². The van der Waals surface area contributed by atoms with Crippen molar-refractivity contribution >= 4 is 5.97 Å². The summed E-state index contributed by atoms with van der Waals surface area (Å²) >= 11 is 0. The van der Waals surface area contributed by atoms with Crippen LogP contribution >= 0.6 is 0 Å². The van der Waals surface area contributed by atoms with Gasteiger partial charge in [-0.25, -0.2) is 4.79 Å². The van der Waals surface area contributed by atoms with Crippen LogP contribution in [0.1, 0.15) is 26.7 Å². The molecular formula is C7H12O3. The van der Waals surface area contributed by atoms with Crippen molar-refractivity contribution in [2.45, 2.75) is 38.4 Å². The van der Waals surface area contributed by atoms with Crippen molar-refractivity contribution < 1.29 is 14.6 Å². The third kappa shape index (κ3) is 1.01. The lowest BCUT2D eigenvalue weighted by molar-refractivity contribution is -0.142.